The lowest BCUT2D eigenvalue weighted by Crippen LogP contribution is -2.13. The molecule has 3 rings (SSSR count). The van der Waals surface area contributed by atoms with Gasteiger partial charge in [-0.3, -0.25) is 9.78 Å². The van der Waals surface area contributed by atoms with E-state index >= 15 is 0 Å². The van der Waals surface area contributed by atoms with E-state index < -0.39 is 5.56 Å². The van der Waals surface area contributed by atoms with Gasteiger partial charge in [-0.15, -0.1) is 0 Å². The number of ether oxygens (including phenoxy) is 2. The van der Waals surface area contributed by atoms with Crippen LogP contribution in [0.25, 0.3) is 12.2 Å². The lowest BCUT2D eigenvalue weighted by Gasteiger charge is -2.12. The number of para-hydroxylation sites is 1. The number of hydrogen-bond acceptors (Lipinski definition) is 8. The van der Waals surface area contributed by atoms with Crippen molar-refractivity contribution >= 4 is 36.6 Å². The van der Waals surface area contributed by atoms with E-state index in [-0.39, 0.29) is 27.5 Å². The zero-order valence-corrected chi connectivity index (χ0v) is 16.1. The molecule has 11 heteroatoms. The van der Waals surface area contributed by atoms with Crippen LogP contribution in [-0.2, 0) is 6.61 Å². The number of H-pyrrole nitrogens is 3. The second kappa shape index (κ2) is 8.47. The van der Waals surface area contributed by atoms with Crippen LogP contribution >= 0.6 is 24.4 Å². The van der Waals surface area contributed by atoms with Crippen molar-refractivity contribution in [1.82, 2.24) is 20.1 Å². The van der Waals surface area contributed by atoms with Crippen LogP contribution in [0.1, 0.15) is 22.6 Å². The van der Waals surface area contributed by atoms with Crippen LogP contribution in [0.15, 0.2) is 27.5 Å². The van der Waals surface area contributed by atoms with Crippen LogP contribution in [0.3, 0.4) is 0 Å². The van der Waals surface area contributed by atoms with Gasteiger partial charge in [-0.1, -0.05) is 12.1 Å². The average Bonchev–Trinajstić information content (AvgIpc) is 3.09. The van der Waals surface area contributed by atoms with Gasteiger partial charge in [-0.25, -0.2) is 5.16 Å². The minimum Gasteiger partial charge on any atom is -0.493 e. The maximum atomic E-state index is 11.9. The molecule has 2 heterocycles. The summed E-state index contributed by atoms with van der Waals surface area (Å²) in [7, 11) is 1.51. The largest absolute Gasteiger partial charge is 0.493 e. The number of nitrogens with zero attached hydrogens (tertiary/aromatic N) is 2. The lowest BCUT2D eigenvalue weighted by molar-refractivity contribution is 0.269. The fourth-order valence-corrected chi connectivity index (χ4v) is 2.71. The molecule has 0 aliphatic rings. The number of aromatic nitrogens is 4. The van der Waals surface area contributed by atoms with Crippen molar-refractivity contribution in [2.24, 2.45) is 0 Å². The molecule has 0 aliphatic carbocycles. The van der Waals surface area contributed by atoms with Gasteiger partial charge in [-0.2, -0.15) is 10.2 Å². The number of hydrogen-bond donors (Lipinski definition) is 3. The Kier molecular flexibility index (Phi) is 5.83. The Balaban J connectivity index is 1.97. The van der Waals surface area contributed by atoms with Gasteiger partial charge in [0.15, 0.2) is 22.1 Å². The van der Waals surface area contributed by atoms with Crippen molar-refractivity contribution in [2.45, 2.75) is 6.61 Å². The molecule has 0 amide bonds. The van der Waals surface area contributed by atoms with Crippen molar-refractivity contribution in [2.75, 3.05) is 7.11 Å². The molecule has 2 aromatic heterocycles. The van der Waals surface area contributed by atoms with Gasteiger partial charge < -0.3 is 19.0 Å². The normalized spacial score (nSPS) is 10.7. The summed E-state index contributed by atoms with van der Waals surface area (Å²) in [5.41, 5.74) is 0.287. The SMILES string of the molecule is COc1cccc(/C=C/c2[nH]c(=S)[nH]c(=O)c2C#N)c1OCc1nc(=S)o[nH]1. The number of aromatic amines is 3. The first-order valence-corrected chi connectivity index (χ1v) is 8.62. The van der Waals surface area contributed by atoms with Crippen molar-refractivity contribution in [1.29, 1.82) is 5.26 Å². The smallest absolute Gasteiger partial charge is 0.314 e. The number of nitriles is 1. The standard InChI is InChI=1S/C17H13N5O4S2/c1-24-12-4-2-3-9(14(12)25-8-13-20-17(28)26-22-13)5-6-11-10(7-18)15(23)21-16(27)19-11/h2-6H,8H2,1H3,(H,20,22,28)(H2,19,21,23,27)/b6-5+. The second-order valence-corrected chi connectivity index (χ2v) is 6.10. The Labute approximate surface area is 168 Å². The Morgan fingerprint density at radius 1 is 1.32 bits per heavy atom. The van der Waals surface area contributed by atoms with E-state index in [0.29, 0.717) is 22.9 Å². The predicted molar refractivity (Wildman–Crippen MR) is 105 cm³/mol. The molecule has 28 heavy (non-hydrogen) atoms. The molecule has 0 fully saturated rings. The molecule has 1 aromatic carbocycles. The zero-order valence-electron chi connectivity index (χ0n) is 14.4. The van der Waals surface area contributed by atoms with Crippen LogP contribution in [0.2, 0.25) is 0 Å². The molecular weight excluding hydrogens is 402 g/mol. The fraction of sp³-hybridized carbons (Fsp3) is 0.118. The predicted octanol–water partition coefficient (Wildman–Crippen LogP) is 3.11. The third kappa shape index (κ3) is 4.25. The maximum absolute atomic E-state index is 11.9. The topological polar surface area (TPSA) is 133 Å². The van der Waals surface area contributed by atoms with E-state index in [9.17, 15) is 10.1 Å². The summed E-state index contributed by atoms with van der Waals surface area (Å²) in [4.78, 5) is 21.1. The van der Waals surface area contributed by atoms with Gasteiger partial charge in [-0.05, 0) is 42.7 Å². The maximum Gasteiger partial charge on any atom is 0.314 e. The molecule has 3 N–H and O–H groups in total. The van der Waals surface area contributed by atoms with E-state index in [0.717, 1.165) is 0 Å². The molecule has 0 spiro atoms. The molecule has 0 atom stereocenters. The first kappa shape index (κ1) is 19.3. The van der Waals surface area contributed by atoms with Crippen LogP contribution in [0.5, 0.6) is 11.5 Å². The van der Waals surface area contributed by atoms with Gasteiger partial charge in [0.1, 0.15) is 18.2 Å². The van der Waals surface area contributed by atoms with Crippen LogP contribution in [0, 0.1) is 20.9 Å². The first-order chi connectivity index (χ1) is 13.5. The van der Waals surface area contributed by atoms with Gasteiger partial charge in [0.25, 0.3) is 5.56 Å². The third-order valence-corrected chi connectivity index (χ3v) is 3.96. The highest BCUT2D eigenvalue weighted by atomic mass is 32.1. The van der Waals surface area contributed by atoms with Gasteiger partial charge in [0, 0.05) is 5.56 Å². The number of nitrogens with one attached hydrogen (secondary N) is 3. The fourth-order valence-electron chi connectivity index (χ4n) is 2.35. The van der Waals surface area contributed by atoms with Crippen molar-refractivity contribution in [3.05, 3.63) is 60.8 Å². The molecular formula is C17H13N5O4S2. The van der Waals surface area contributed by atoms with Crippen molar-refractivity contribution in [3.8, 4) is 17.6 Å². The monoisotopic (exact) mass is 415 g/mol. The summed E-state index contributed by atoms with van der Waals surface area (Å²) in [6.45, 7) is 0.0677. The molecule has 0 saturated heterocycles. The molecule has 3 aromatic rings. The van der Waals surface area contributed by atoms with E-state index in [1.165, 1.54) is 7.11 Å². The summed E-state index contributed by atoms with van der Waals surface area (Å²) in [5.74, 6) is 1.34. The minimum absolute atomic E-state index is 0.0677. The lowest BCUT2D eigenvalue weighted by atomic mass is 10.1. The Morgan fingerprint density at radius 2 is 2.14 bits per heavy atom. The first-order valence-electron chi connectivity index (χ1n) is 7.80. The molecule has 0 bridgehead atoms. The van der Waals surface area contributed by atoms with E-state index in [4.69, 9.17) is 38.4 Å². The summed E-state index contributed by atoms with van der Waals surface area (Å²) in [6, 6.07) is 7.15. The highest BCUT2D eigenvalue weighted by Gasteiger charge is 2.11. The van der Waals surface area contributed by atoms with E-state index in [1.54, 1.807) is 30.4 Å². The van der Waals surface area contributed by atoms with Crippen molar-refractivity contribution < 1.29 is 14.0 Å². The molecule has 9 nitrogen and oxygen atoms in total. The zero-order chi connectivity index (χ0) is 20.1. The molecule has 142 valence electrons. The number of benzene rings is 1. The van der Waals surface area contributed by atoms with Gasteiger partial charge >= 0.3 is 4.84 Å². The van der Waals surface area contributed by atoms with Gasteiger partial charge in [0.2, 0.25) is 0 Å². The van der Waals surface area contributed by atoms with Crippen molar-refractivity contribution in [3.63, 3.8) is 0 Å². The van der Waals surface area contributed by atoms with Crippen LogP contribution in [0.4, 0.5) is 0 Å². The second-order valence-electron chi connectivity index (χ2n) is 5.34. The Morgan fingerprint density at radius 3 is 2.82 bits per heavy atom. The average molecular weight is 415 g/mol. The third-order valence-electron chi connectivity index (χ3n) is 3.58. The minimum atomic E-state index is -0.561. The molecule has 0 radical (unpaired) electrons. The van der Waals surface area contributed by atoms with Gasteiger partial charge in [0.05, 0.1) is 12.8 Å². The number of methoxy groups -OCH3 is 1. The molecule has 0 aliphatic heterocycles. The number of rotatable bonds is 6. The summed E-state index contributed by atoms with van der Waals surface area (Å²) in [6.07, 6.45) is 3.23. The molecule has 0 saturated carbocycles. The van der Waals surface area contributed by atoms with E-state index in [2.05, 4.69) is 20.1 Å². The highest BCUT2D eigenvalue weighted by Crippen LogP contribution is 2.33. The molecule has 0 unspecified atom stereocenters. The Bertz CT molecular complexity index is 1250. The summed E-state index contributed by atoms with van der Waals surface area (Å²) >= 11 is 9.77. The van der Waals surface area contributed by atoms with Crippen LogP contribution in [-0.4, -0.2) is 27.2 Å². The Hall–Kier alpha value is -3.49. The van der Waals surface area contributed by atoms with Crippen LogP contribution < -0.4 is 15.0 Å². The quantitative estimate of drug-likeness (QED) is 0.523. The van der Waals surface area contributed by atoms with E-state index in [1.807, 2.05) is 6.07 Å². The summed E-state index contributed by atoms with van der Waals surface area (Å²) in [5, 5.41) is 11.8. The highest BCUT2D eigenvalue weighted by molar-refractivity contribution is 7.71. The summed E-state index contributed by atoms with van der Waals surface area (Å²) < 4.78 is 16.1.